The predicted molar refractivity (Wildman–Crippen MR) is 76.2 cm³/mol. The molecular formula is C14H16ClN3O2. The highest BCUT2D eigenvalue weighted by atomic mass is 35.5. The molecular weight excluding hydrogens is 278 g/mol. The molecule has 1 aliphatic heterocycles. The second kappa shape index (κ2) is 5.42. The first-order valence-corrected chi connectivity index (χ1v) is 7.15. The van der Waals surface area contributed by atoms with E-state index in [4.69, 9.17) is 16.3 Å². The minimum atomic E-state index is -0.105. The summed E-state index contributed by atoms with van der Waals surface area (Å²) in [5.41, 5.74) is 1.44. The second-order valence-electron chi connectivity index (χ2n) is 5.02. The average Bonchev–Trinajstić information content (AvgIpc) is 2.89. The third-order valence-electron chi connectivity index (χ3n) is 3.44. The zero-order valence-electron chi connectivity index (χ0n) is 11.2. The van der Waals surface area contributed by atoms with E-state index >= 15 is 0 Å². The zero-order chi connectivity index (χ0) is 14.1. The lowest BCUT2D eigenvalue weighted by Gasteiger charge is -2.35. The predicted octanol–water partition coefficient (Wildman–Crippen LogP) is 1.80. The van der Waals surface area contributed by atoms with Gasteiger partial charge in [0.1, 0.15) is 0 Å². The van der Waals surface area contributed by atoms with Crippen molar-refractivity contribution >= 4 is 23.0 Å². The Morgan fingerprint density at radius 2 is 2.35 bits per heavy atom. The molecule has 1 amide bonds. The van der Waals surface area contributed by atoms with Crippen LogP contribution in [0.4, 0.5) is 0 Å². The van der Waals surface area contributed by atoms with E-state index in [0.29, 0.717) is 24.5 Å². The van der Waals surface area contributed by atoms with Gasteiger partial charge in [-0.25, -0.2) is 4.52 Å². The summed E-state index contributed by atoms with van der Waals surface area (Å²) in [7, 11) is 0. The summed E-state index contributed by atoms with van der Waals surface area (Å²) >= 11 is 5.86. The highest BCUT2D eigenvalue weighted by molar-refractivity contribution is 6.18. The Bertz CT molecular complexity index is 628. The topological polar surface area (TPSA) is 46.8 Å². The number of hydrogen-bond donors (Lipinski definition) is 0. The number of alkyl halides is 1. The van der Waals surface area contributed by atoms with Crippen LogP contribution >= 0.6 is 11.6 Å². The van der Waals surface area contributed by atoms with Crippen molar-refractivity contribution in [1.29, 1.82) is 0 Å². The minimum absolute atomic E-state index is 0.00158. The highest BCUT2D eigenvalue weighted by Gasteiger charge is 2.29. The lowest BCUT2D eigenvalue weighted by atomic mass is 10.2. The molecule has 2 aromatic rings. The van der Waals surface area contributed by atoms with Gasteiger partial charge in [0.2, 0.25) is 0 Å². The van der Waals surface area contributed by atoms with E-state index in [-0.39, 0.29) is 18.1 Å². The van der Waals surface area contributed by atoms with Gasteiger partial charge < -0.3 is 9.64 Å². The molecule has 1 aliphatic rings. The fraction of sp³-hybridized carbons (Fsp3) is 0.429. The number of aromatic nitrogens is 2. The van der Waals surface area contributed by atoms with E-state index in [0.717, 1.165) is 5.52 Å². The molecule has 3 rings (SSSR count). The van der Waals surface area contributed by atoms with Crippen LogP contribution in [-0.2, 0) is 4.74 Å². The molecule has 0 aliphatic carbocycles. The fourth-order valence-corrected chi connectivity index (χ4v) is 2.74. The molecule has 3 heterocycles. The molecule has 6 heteroatoms. The summed E-state index contributed by atoms with van der Waals surface area (Å²) in [5.74, 6) is 0.375. The molecule has 2 unspecified atom stereocenters. The molecule has 0 bridgehead atoms. The first-order chi connectivity index (χ1) is 9.69. The first-order valence-electron chi connectivity index (χ1n) is 6.62. The van der Waals surface area contributed by atoms with Gasteiger partial charge in [-0.1, -0.05) is 6.07 Å². The second-order valence-corrected chi connectivity index (χ2v) is 5.33. The third-order valence-corrected chi connectivity index (χ3v) is 3.79. The zero-order valence-corrected chi connectivity index (χ0v) is 12.0. The third kappa shape index (κ3) is 2.39. The Hall–Kier alpha value is -1.59. The van der Waals surface area contributed by atoms with Crippen molar-refractivity contribution in [2.24, 2.45) is 0 Å². The van der Waals surface area contributed by atoms with Crippen molar-refractivity contribution in [2.45, 2.75) is 19.1 Å². The van der Waals surface area contributed by atoms with Gasteiger partial charge in [-0.05, 0) is 19.1 Å². The minimum Gasteiger partial charge on any atom is -0.370 e. The van der Waals surface area contributed by atoms with E-state index in [9.17, 15) is 4.79 Å². The van der Waals surface area contributed by atoms with Gasteiger partial charge in [0, 0.05) is 19.3 Å². The number of halogens is 1. The smallest absolute Gasteiger partial charge is 0.257 e. The van der Waals surface area contributed by atoms with E-state index in [1.54, 1.807) is 15.6 Å². The van der Waals surface area contributed by atoms with Gasteiger partial charge >= 0.3 is 0 Å². The standard InChI is InChI=1S/C14H16ClN3O2/c1-10-8-17(9-11(6-15)20-10)14(19)12-7-16-18-5-3-2-4-13(12)18/h2-5,7,10-11H,6,8-9H2,1H3. The molecule has 1 fully saturated rings. The van der Waals surface area contributed by atoms with Crippen molar-refractivity contribution in [3.05, 3.63) is 36.2 Å². The summed E-state index contributed by atoms with van der Waals surface area (Å²) in [6.07, 6.45) is 3.34. The van der Waals surface area contributed by atoms with Crippen LogP contribution in [0.3, 0.4) is 0 Å². The fourth-order valence-electron chi connectivity index (χ4n) is 2.57. The lowest BCUT2D eigenvalue weighted by Crippen LogP contribution is -2.49. The molecule has 0 aromatic carbocycles. The number of morpholine rings is 1. The van der Waals surface area contributed by atoms with Crippen molar-refractivity contribution in [2.75, 3.05) is 19.0 Å². The van der Waals surface area contributed by atoms with Crippen molar-refractivity contribution < 1.29 is 9.53 Å². The number of carbonyl (C=O) groups excluding carboxylic acids is 1. The maximum Gasteiger partial charge on any atom is 0.257 e. The summed E-state index contributed by atoms with van der Waals surface area (Å²) in [5, 5.41) is 4.20. The Morgan fingerprint density at radius 3 is 3.15 bits per heavy atom. The van der Waals surface area contributed by atoms with Crippen molar-refractivity contribution in [3.8, 4) is 0 Å². The molecule has 0 N–H and O–H groups in total. The SMILES string of the molecule is CC1CN(C(=O)c2cnn3ccccc23)CC(CCl)O1. The van der Waals surface area contributed by atoms with Gasteiger partial charge in [-0.3, -0.25) is 4.79 Å². The molecule has 20 heavy (non-hydrogen) atoms. The van der Waals surface area contributed by atoms with Crippen LogP contribution in [0.2, 0.25) is 0 Å². The van der Waals surface area contributed by atoms with Gasteiger partial charge in [0.15, 0.2) is 0 Å². The van der Waals surface area contributed by atoms with Crippen molar-refractivity contribution in [3.63, 3.8) is 0 Å². The summed E-state index contributed by atoms with van der Waals surface area (Å²) < 4.78 is 7.38. The molecule has 0 spiro atoms. The maximum absolute atomic E-state index is 12.7. The molecule has 0 saturated carbocycles. The number of rotatable bonds is 2. The normalized spacial score (nSPS) is 23.2. The van der Waals surface area contributed by atoms with E-state index in [2.05, 4.69) is 5.10 Å². The summed E-state index contributed by atoms with van der Waals surface area (Å²) in [4.78, 5) is 14.5. The molecule has 1 saturated heterocycles. The van der Waals surface area contributed by atoms with Gasteiger partial charge in [-0.15, -0.1) is 11.6 Å². The van der Waals surface area contributed by atoms with E-state index in [1.807, 2.05) is 31.3 Å². The molecule has 2 atom stereocenters. The highest BCUT2D eigenvalue weighted by Crippen LogP contribution is 2.18. The Kier molecular flexibility index (Phi) is 3.63. The van der Waals surface area contributed by atoms with Gasteiger partial charge in [0.05, 0.1) is 35.4 Å². The van der Waals surface area contributed by atoms with E-state index in [1.165, 1.54) is 0 Å². The van der Waals surface area contributed by atoms with Crippen LogP contribution in [0.25, 0.3) is 5.52 Å². The number of nitrogens with zero attached hydrogens (tertiary/aromatic N) is 3. The van der Waals surface area contributed by atoms with Crippen LogP contribution < -0.4 is 0 Å². The maximum atomic E-state index is 12.7. The number of amides is 1. The van der Waals surface area contributed by atoms with Crippen molar-refractivity contribution in [1.82, 2.24) is 14.5 Å². The summed E-state index contributed by atoms with van der Waals surface area (Å²) in [6.45, 7) is 3.06. The largest absolute Gasteiger partial charge is 0.370 e. The van der Waals surface area contributed by atoms with E-state index < -0.39 is 0 Å². The number of ether oxygens (including phenoxy) is 1. The lowest BCUT2D eigenvalue weighted by molar-refractivity contribution is -0.0569. The quantitative estimate of drug-likeness (QED) is 0.793. The molecule has 0 radical (unpaired) electrons. The Labute approximate surface area is 122 Å². The summed E-state index contributed by atoms with van der Waals surface area (Å²) in [6, 6.07) is 5.68. The number of pyridine rings is 1. The Balaban J connectivity index is 1.88. The molecule has 2 aromatic heterocycles. The first kappa shape index (κ1) is 13.4. The molecule has 106 valence electrons. The monoisotopic (exact) mass is 293 g/mol. The van der Waals surface area contributed by atoms with Crippen LogP contribution in [0.15, 0.2) is 30.6 Å². The van der Waals surface area contributed by atoms with Crippen LogP contribution in [0.5, 0.6) is 0 Å². The number of fused-ring (bicyclic) bond motifs is 1. The number of carbonyl (C=O) groups is 1. The molecule has 5 nitrogen and oxygen atoms in total. The van der Waals surface area contributed by atoms with Crippen LogP contribution in [0.1, 0.15) is 17.3 Å². The van der Waals surface area contributed by atoms with Gasteiger partial charge in [-0.2, -0.15) is 5.10 Å². The van der Waals surface area contributed by atoms with Crippen LogP contribution in [0, 0.1) is 0 Å². The average molecular weight is 294 g/mol. The van der Waals surface area contributed by atoms with Crippen LogP contribution in [-0.4, -0.2) is 51.6 Å². The van der Waals surface area contributed by atoms with Gasteiger partial charge in [0.25, 0.3) is 5.91 Å². The Morgan fingerprint density at radius 1 is 1.50 bits per heavy atom. The number of hydrogen-bond acceptors (Lipinski definition) is 3.